The molecule has 0 saturated carbocycles. The number of rotatable bonds is 3. The number of aliphatic hydroxyl groups is 1. The van der Waals surface area contributed by atoms with Crippen LogP contribution >= 0.6 is 0 Å². The Morgan fingerprint density at radius 1 is 1.15 bits per heavy atom. The maximum atomic E-state index is 13.7. The summed E-state index contributed by atoms with van der Waals surface area (Å²) in [4.78, 5) is 4.49. The molecular formula is C16H15FN2O. The highest BCUT2D eigenvalue weighted by molar-refractivity contribution is 5.75. The molecule has 1 unspecified atom stereocenters. The maximum Gasteiger partial charge on any atom is 0.129 e. The van der Waals surface area contributed by atoms with E-state index in [0.717, 1.165) is 16.9 Å². The van der Waals surface area contributed by atoms with Crippen LogP contribution in [0.3, 0.4) is 0 Å². The summed E-state index contributed by atoms with van der Waals surface area (Å²) in [6.45, 7) is 0. The molecule has 0 saturated heterocycles. The first-order valence-electron chi connectivity index (χ1n) is 6.49. The molecule has 0 spiro atoms. The molecule has 1 aromatic heterocycles. The zero-order chi connectivity index (χ0) is 14.1. The first kappa shape index (κ1) is 12.8. The zero-order valence-corrected chi connectivity index (χ0v) is 11.1. The third kappa shape index (κ3) is 2.18. The van der Waals surface area contributed by atoms with E-state index in [0.29, 0.717) is 5.56 Å². The van der Waals surface area contributed by atoms with Crippen LogP contribution in [0.15, 0.2) is 48.5 Å². The Morgan fingerprint density at radius 3 is 2.60 bits per heavy atom. The number of fused-ring (bicyclic) bond motifs is 1. The molecular weight excluding hydrogens is 255 g/mol. The number of aromatic nitrogens is 2. The highest BCUT2D eigenvalue weighted by Crippen LogP contribution is 2.22. The standard InChI is InChI=1S/C16H15FN2O/c1-19-14-9-5-4-8-13(14)18-16(19)10-15(20)11-6-2-3-7-12(11)17/h2-9,15,20H,10H2,1H3. The predicted octanol–water partition coefficient (Wildman–Crippen LogP) is 2.99. The van der Waals surface area contributed by atoms with Crippen molar-refractivity contribution in [2.24, 2.45) is 7.05 Å². The van der Waals surface area contributed by atoms with Gasteiger partial charge < -0.3 is 9.67 Å². The average molecular weight is 270 g/mol. The van der Waals surface area contributed by atoms with E-state index >= 15 is 0 Å². The van der Waals surface area contributed by atoms with Crippen molar-refractivity contribution < 1.29 is 9.50 Å². The van der Waals surface area contributed by atoms with Crippen molar-refractivity contribution in [3.8, 4) is 0 Å². The van der Waals surface area contributed by atoms with Gasteiger partial charge in [0.1, 0.15) is 11.6 Å². The molecule has 0 aliphatic heterocycles. The average Bonchev–Trinajstić information content (AvgIpc) is 2.76. The summed E-state index contributed by atoms with van der Waals surface area (Å²) >= 11 is 0. The molecule has 3 nitrogen and oxygen atoms in total. The highest BCUT2D eigenvalue weighted by Gasteiger charge is 2.16. The van der Waals surface area contributed by atoms with E-state index in [1.165, 1.54) is 6.07 Å². The number of hydrogen-bond donors (Lipinski definition) is 1. The molecule has 0 radical (unpaired) electrons. The van der Waals surface area contributed by atoms with E-state index in [2.05, 4.69) is 4.98 Å². The van der Waals surface area contributed by atoms with E-state index in [1.807, 2.05) is 35.9 Å². The van der Waals surface area contributed by atoms with Crippen LogP contribution in [0.2, 0.25) is 0 Å². The van der Waals surface area contributed by atoms with Gasteiger partial charge in [-0.15, -0.1) is 0 Å². The van der Waals surface area contributed by atoms with Crippen molar-refractivity contribution >= 4 is 11.0 Å². The van der Waals surface area contributed by atoms with E-state index in [9.17, 15) is 9.50 Å². The van der Waals surface area contributed by atoms with Gasteiger partial charge in [0, 0.05) is 19.0 Å². The Hall–Kier alpha value is -2.20. The van der Waals surface area contributed by atoms with Crippen molar-refractivity contribution in [1.29, 1.82) is 0 Å². The van der Waals surface area contributed by atoms with Gasteiger partial charge in [-0.2, -0.15) is 0 Å². The molecule has 0 aliphatic rings. The van der Waals surface area contributed by atoms with Crippen LogP contribution in [-0.2, 0) is 13.5 Å². The second-order valence-electron chi connectivity index (χ2n) is 4.82. The van der Waals surface area contributed by atoms with Crippen LogP contribution in [0.1, 0.15) is 17.5 Å². The number of nitrogens with zero attached hydrogens (tertiary/aromatic N) is 2. The fraction of sp³-hybridized carbons (Fsp3) is 0.188. The van der Waals surface area contributed by atoms with E-state index < -0.39 is 11.9 Å². The van der Waals surface area contributed by atoms with E-state index in [1.54, 1.807) is 18.2 Å². The third-order valence-electron chi connectivity index (χ3n) is 3.52. The quantitative estimate of drug-likeness (QED) is 0.794. The molecule has 0 fully saturated rings. The lowest BCUT2D eigenvalue weighted by Gasteiger charge is -2.11. The smallest absolute Gasteiger partial charge is 0.129 e. The molecule has 2 aromatic carbocycles. The van der Waals surface area contributed by atoms with Gasteiger partial charge in [-0.1, -0.05) is 30.3 Å². The lowest BCUT2D eigenvalue weighted by atomic mass is 10.1. The number of halogens is 1. The molecule has 1 heterocycles. The van der Waals surface area contributed by atoms with Crippen LogP contribution in [0.4, 0.5) is 4.39 Å². The minimum absolute atomic E-state index is 0.284. The summed E-state index contributed by atoms with van der Waals surface area (Å²) in [5, 5.41) is 10.2. The monoisotopic (exact) mass is 270 g/mol. The molecule has 102 valence electrons. The molecule has 1 atom stereocenters. The molecule has 4 heteroatoms. The summed E-state index contributed by atoms with van der Waals surface area (Å²) in [6.07, 6.45) is -0.613. The topological polar surface area (TPSA) is 38.0 Å². The Labute approximate surface area is 116 Å². The van der Waals surface area contributed by atoms with Crippen molar-refractivity contribution in [2.45, 2.75) is 12.5 Å². The zero-order valence-electron chi connectivity index (χ0n) is 11.1. The molecule has 3 aromatic rings. The van der Waals surface area contributed by atoms with Gasteiger partial charge in [0.2, 0.25) is 0 Å². The van der Waals surface area contributed by atoms with Crippen molar-refractivity contribution in [3.05, 3.63) is 65.7 Å². The Balaban J connectivity index is 1.93. The number of aliphatic hydroxyl groups excluding tert-OH is 1. The summed E-state index contributed by atoms with van der Waals surface area (Å²) in [6, 6.07) is 14.1. The Kier molecular flexibility index (Phi) is 3.24. The van der Waals surface area contributed by atoms with Crippen LogP contribution in [-0.4, -0.2) is 14.7 Å². The first-order valence-corrected chi connectivity index (χ1v) is 6.49. The Morgan fingerprint density at radius 2 is 1.85 bits per heavy atom. The summed E-state index contributed by atoms with van der Waals surface area (Å²) < 4.78 is 15.6. The van der Waals surface area contributed by atoms with Crippen molar-refractivity contribution in [3.63, 3.8) is 0 Å². The van der Waals surface area contributed by atoms with E-state index in [4.69, 9.17) is 0 Å². The number of hydrogen-bond acceptors (Lipinski definition) is 2. The molecule has 3 rings (SSSR count). The fourth-order valence-electron chi connectivity index (χ4n) is 2.41. The maximum absolute atomic E-state index is 13.7. The fourth-order valence-corrected chi connectivity index (χ4v) is 2.41. The second kappa shape index (κ2) is 5.06. The van der Waals surface area contributed by atoms with Gasteiger partial charge in [0.25, 0.3) is 0 Å². The van der Waals surface area contributed by atoms with E-state index in [-0.39, 0.29) is 6.42 Å². The van der Waals surface area contributed by atoms with Gasteiger partial charge in [-0.05, 0) is 18.2 Å². The molecule has 0 bridgehead atoms. The number of aryl methyl sites for hydroxylation is 1. The molecule has 0 amide bonds. The van der Waals surface area contributed by atoms with Gasteiger partial charge in [0.15, 0.2) is 0 Å². The molecule has 1 N–H and O–H groups in total. The number of para-hydroxylation sites is 2. The third-order valence-corrected chi connectivity index (χ3v) is 3.52. The largest absolute Gasteiger partial charge is 0.388 e. The summed E-state index contributed by atoms with van der Waals surface area (Å²) in [5.41, 5.74) is 2.19. The van der Waals surface area contributed by atoms with Gasteiger partial charge >= 0.3 is 0 Å². The lowest BCUT2D eigenvalue weighted by molar-refractivity contribution is 0.170. The van der Waals surface area contributed by atoms with Crippen LogP contribution in [0.5, 0.6) is 0 Å². The SMILES string of the molecule is Cn1c(CC(O)c2ccccc2F)nc2ccccc21. The van der Waals surface area contributed by atoms with Crippen LogP contribution in [0.25, 0.3) is 11.0 Å². The van der Waals surface area contributed by atoms with Crippen molar-refractivity contribution in [2.75, 3.05) is 0 Å². The predicted molar refractivity (Wildman–Crippen MR) is 75.8 cm³/mol. The normalized spacial score (nSPS) is 12.8. The van der Waals surface area contributed by atoms with Gasteiger partial charge in [-0.3, -0.25) is 0 Å². The Bertz CT molecular complexity index is 751. The van der Waals surface area contributed by atoms with Crippen molar-refractivity contribution in [1.82, 2.24) is 9.55 Å². The summed E-state index contributed by atoms with van der Waals surface area (Å²) in [7, 11) is 1.90. The highest BCUT2D eigenvalue weighted by atomic mass is 19.1. The van der Waals surface area contributed by atoms with Crippen LogP contribution in [0, 0.1) is 5.82 Å². The first-order chi connectivity index (χ1) is 9.66. The van der Waals surface area contributed by atoms with Gasteiger partial charge in [0.05, 0.1) is 17.1 Å². The summed E-state index contributed by atoms with van der Waals surface area (Å²) in [5.74, 6) is 0.348. The minimum Gasteiger partial charge on any atom is -0.388 e. The minimum atomic E-state index is -0.897. The molecule has 20 heavy (non-hydrogen) atoms. The lowest BCUT2D eigenvalue weighted by Crippen LogP contribution is -2.08. The molecule has 0 aliphatic carbocycles. The second-order valence-corrected chi connectivity index (χ2v) is 4.82. The number of imidazole rings is 1. The van der Waals surface area contributed by atoms with Crippen LogP contribution < -0.4 is 0 Å². The number of benzene rings is 2. The van der Waals surface area contributed by atoms with Gasteiger partial charge in [-0.25, -0.2) is 9.37 Å².